The number of likely N-dealkylation sites (N-methyl/N-ethyl adjacent to an activating group) is 1. The van der Waals surface area contributed by atoms with Crippen LogP contribution in [0.25, 0.3) is 0 Å². The first-order chi connectivity index (χ1) is 14.0. The van der Waals surface area contributed by atoms with Crippen LogP contribution in [0.4, 0.5) is 0 Å². The number of amides is 2. The molecule has 7 nitrogen and oxygen atoms in total. The Bertz CT molecular complexity index is 825. The Labute approximate surface area is 172 Å². The summed E-state index contributed by atoms with van der Waals surface area (Å²) in [5.74, 6) is -1.20. The molecule has 7 heteroatoms. The molecule has 2 amide bonds. The number of fused-ring (bicyclic) bond motifs is 1. The lowest BCUT2D eigenvalue weighted by atomic mass is 9.97. The van der Waals surface area contributed by atoms with Crippen molar-refractivity contribution in [3.05, 3.63) is 65.5 Å². The van der Waals surface area contributed by atoms with E-state index in [4.69, 9.17) is 0 Å². The molecule has 0 spiro atoms. The molecule has 1 aliphatic rings. The first-order valence-corrected chi connectivity index (χ1v) is 9.96. The SMILES string of the molecule is CN(C)CCNC(=O)C(=O)NC[C@@H](c1cccnc1)N1CCc2ccccc2C1. The Morgan fingerprint density at radius 3 is 2.59 bits per heavy atom. The predicted molar refractivity (Wildman–Crippen MR) is 112 cm³/mol. The number of nitrogens with zero attached hydrogens (tertiary/aromatic N) is 3. The van der Waals surface area contributed by atoms with Crippen LogP contribution in [-0.2, 0) is 22.6 Å². The van der Waals surface area contributed by atoms with Gasteiger partial charge in [-0.2, -0.15) is 0 Å². The standard InChI is InChI=1S/C22H29N5O2/c1-26(2)13-11-24-21(28)22(29)25-15-20(18-8-5-10-23-14-18)27-12-9-17-6-3-4-7-19(17)16-27/h3-8,10,14,20H,9,11-13,15-16H2,1-2H3,(H,24,28)(H,25,29)/t20-/m0/s1. The van der Waals surface area contributed by atoms with Crippen LogP contribution < -0.4 is 10.6 Å². The van der Waals surface area contributed by atoms with Crippen molar-refractivity contribution in [1.82, 2.24) is 25.4 Å². The minimum Gasteiger partial charge on any atom is -0.347 e. The van der Waals surface area contributed by atoms with Gasteiger partial charge in [0.1, 0.15) is 0 Å². The van der Waals surface area contributed by atoms with Crippen LogP contribution in [0.15, 0.2) is 48.8 Å². The molecule has 0 aliphatic carbocycles. The van der Waals surface area contributed by atoms with E-state index in [1.54, 1.807) is 6.20 Å². The van der Waals surface area contributed by atoms with Crippen LogP contribution in [0, 0.1) is 0 Å². The third kappa shape index (κ3) is 5.85. The summed E-state index contributed by atoms with van der Waals surface area (Å²) in [5, 5.41) is 5.46. The monoisotopic (exact) mass is 395 g/mol. The molecule has 2 heterocycles. The molecule has 0 saturated heterocycles. The molecule has 2 N–H and O–H groups in total. The summed E-state index contributed by atoms with van der Waals surface area (Å²) in [6.07, 6.45) is 4.53. The van der Waals surface area contributed by atoms with E-state index in [9.17, 15) is 9.59 Å². The van der Waals surface area contributed by atoms with Gasteiger partial charge >= 0.3 is 11.8 Å². The van der Waals surface area contributed by atoms with Crippen LogP contribution >= 0.6 is 0 Å². The van der Waals surface area contributed by atoms with Gasteiger partial charge in [0.2, 0.25) is 0 Å². The summed E-state index contributed by atoms with van der Waals surface area (Å²) in [7, 11) is 3.84. The molecular weight excluding hydrogens is 366 g/mol. The average molecular weight is 396 g/mol. The van der Waals surface area contributed by atoms with Crippen molar-refractivity contribution in [2.24, 2.45) is 0 Å². The van der Waals surface area contributed by atoms with E-state index in [0.717, 1.165) is 25.1 Å². The number of hydrogen-bond acceptors (Lipinski definition) is 5. The summed E-state index contributed by atoms with van der Waals surface area (Å²) < 4.78 is 0. The number of nitrogens with one attached hydrogen (secondary N) is 2. The van der Waals surface area contributed by atoms with Gasteiger partial charge in [0.25, 0.3) is 0 Å². The van der Waals surface area contributed by atoms with Crippen molar-refractivity contribution in [3.8, 4) is 0 Å². The van der Waals surface area contributed by atoms with Gasteiger partial charge in [-0.15, -0.1) is 0 Å². The number of carbonyl (C=O) groups excluding carboxylic acids is 2. The van der Waals surface area contributed by atoms with Crippen molar-refractivity contribution < 1.29 is 9.59 Å². The van der Waals surface area contributed by atoms with Crippen LogP contribution in [-0.4, -0.2) is 66.9 Å². The van der Waals surface area contributed by atoms with Crippen molar-refractivity contribution in [2.75, 3.05) is 40.3 Å². The van der Waals surface area contributed by atoms with Crippen molar-refractivity contribution in [3.63, 3.8) is 0 Å². The number of pyridine rings is 1. The Kier molecular flexibility index (Phi) is 7.32. The van der Waals surface area contributed by atoms with E-state index < -0.39 is 11.8 Å². The number of aromatic nitrogens is 1. The topological polar surface area (TPSA) is 77.6 Å². The summed E-state index contributed by atoms with van der Waals surface area (Å²) in [6.45, 7) is 3.18. The van der Waals surface area contributed by atoms with Gasteiger partial charge in [-0.05, 0) is 43.3 Å². The van der Waals surface area contributed by atoms with Crippen LogP contribution in [0.3, 0.4) is 0 Å². The smallest absolute Gasteiger partial charge is 0.309 e. The van der Waals surface area contributed by atoms with E-state index in [-0.39, 0.29) is 6.04 Å². The molecule has 1 atom stereocenters. The largest absolute Gasteiger partial charge is 0.347 e. The Morgan fingerprint density at radius 2 is 1.86 bits per heavy atom. The van der Waals surface area contributed by atoms with Crippen LogP contribution in [0.2, 0.25) is 0 Å². The number of rotatable bonds is 7. The maximum atomic E-state index is 12.3. The second kappa shape index (κ2) is 10.1. The Morgan fingerprint density at radius 1 is 1.10 bits per heavy atom. The third-order valence-corrected chi connectivity index (χ3v) is 5.18. The zero-order chi connectivity index (χ0) is 20.6. The number of hydrogen-bond donors (Lipinski definition) is 2. The highest BCUT2D eigenvalue weighted by atomic mass is 16.2. The quantitative estimate of drug-likeness (QED) is 0.684. The van der Waals surface area contributed by atoms with E-state index in [2.05, 4.69) is 44.8 Å². The van der Waals surface area contributed by atoms with E-state index in [0.29, 0.717) is 19.6 Å². The minimum absolute atomic E-state index is 0.0458. The lowest BCUT2D eigenvalue weighted by molar-refractivity contribution is -0.139. The van der Waals surface area contributed by atoms with Gasteiger partial charge < -0.3 is 15.5 Å². The first-order valence-electron chi connectivity index (χ1n) is 9.96. The van der Waals surface area contributed by atoms with Crippen molar-refractivity contribution in [2.45, 2.75) is 19.0 Å². The Hall–Kier alpha value is -2.77. The van der Waals surface area contributed by atoms with Crippen LogP contribution in [0.5, 0.6) is 0 Å². The second-order valence-electron chi connectivity index (χ2n) is 7.56. The molecular formula is C22H29N5O2. The zero-order valence-electron chi connectivity index (χ0n) is 17.1. The Balaban J connectivity index is 1.65. The average Bonchev–Trinajstić information content (AvgIpc) is 2.74. The normalized spacial score (nSPS) is 14.9. The fourth-order valence-corrected chi connectivity index (χ4v) is 3.56. The van der Waals surface area contributed by atoms with Gasteiger partial charge in [0.05, 0.1) is 6.04 Å². The molecule has 0 bridgehead atoms. The van der Waals surface area contributed by atoms with Gasteiger partial charge in [-0.25, -0.2) is 0 Å². The molecule has 3 rings (SSSR count). The highest BCUT2D eigenvalue weighted by molar-refractivity contribution is 6.35. The van der Waals surface area contributed by atoms with Gasteiger partial charge in [0, 0.05) is 45.1 Å². The fraction of sp³-hybridized carbons (Fsp3) is 0.409. The van der Waals surface area contributed by atoms with E-state index in [1.807, 2.05) is 37.3 Å². The lowest BCUT2D eigenvalue weighted by Crippen LogP contribution is -2.46. The van der Waals surface area contributed by atoms with Crippen molar-refractivity contribution >= 4 is 11.8 Å². The van der Waals surface area contributed by atoms with Crippen LogP contribution in [0.1, 0.15) is 22.7 Å². The molecule has 29 heavy (non-hydrogen) atoms. The second-order valence-corrected chi connectivity index (χ2v) is 7.56. The molecule has 1 aromatic heterocycles. The van der Waals surface area contributed by atoms with Gasteiger partial charge in [-0.3, -0.25) is 19.5 Å². The summed E-state index contributed by atoms with van der Waals surface area (Å²) >= 11 is 0. The van der Waals surface area contributed by atoms with E-state index >= 15 is 0 Å². The molecule has 1 aliphatic heterocycles. The molecule has 0 fully saturated rings. The minimum atomic E-state index is -0.602. The first kappa shape index (κ1) is 21.0. The number of benzene rings is 1. The maximum absolute atomic E-state index is 12.3. The van der Waals surface area contributed by atoms with Gasteiger partial charge in [-0.1, -0.05) is 30.3 Å². The zero-order valence-corrected chi connectivity index (χ0v) is 17.1. The maximum Gasteiger partial charge on any atom is 0.309 e. The van der Waals surface area contributed by atoms with E-state index in [1.165, 1.54) is 11.1 Å². The van der Waals surface area contributed by atoms with Crippen molar-refractivity contribution in [1.29, 1.82) is 0 Å². The summed E-state index contributed by atoms with van der Waals surface area (Å²) in [4.78, 5) is 32.8. The molecule has 0 radical (unpaired) electrons. The molecule has 2 aromatic rings. The molecule has 0 unspecified atom stereocenters. The molecule has 0 saturated carbocycles. The highest BCUT2D eigenvalue weighted by Crippen LogP contribution is 2.27. The lowest BCUT2D eigenvalue weighted by Gasteiger charge is -2.35. The predicted octanol–water partition coefficient (Wildman–Crippen LogP) is 0.975. The highest BCUT2D eigenvalue weighted by Gasteiger charge is 2.26. The summed E-state index contributed by atoms with van der Waals surface area (Å²) in [6, 6.07) is 12.3. The molecule has 154 valence electrons. The fourth-order valence-electron chi connectivity index (χ4n) is 3.56. The molecule has 1 aromatic carbocycles. The number of carbonyl (C=O) groups is 2. The third-order valence-electron chi connectivity index (χ3n) is 5.18. The van der Waals surface area contributed by atoms with Gasteiger partial charge in [0.15, 0.2) is 0 Å². The summed E-state index contributed by atoms with van der Waals surface area (Å²) in [5.41, 5.74) is 3.71.